The minimum Gasteiger partial charge on any atom is -0.384 e. The van der Waals surface area contributed by atoms with Crippen LogP contribution in [0.1, 0.15) is 56.8 Å². The number of nitrogens with one attached hydrogen (secondary N) is 1. The lowest BCUT2D eigenvalue weighted by Gasteiger charge is -2.29. The van der Waals surface area contributed by atoms with E-state index in [-0.39, 0.29) is 0 Å². The van der Waals surface area contributed by atoms with Crippen molar-refractivity contribution in [1.82, 2.24) is 24.9 Å². The topological polar surface area (TPSA) is 101 Å². The molecule has 0 saturated carbocycles. The second-order valence-corrected chi connectivity index (χ2v) is 9.87. The number of nitrogens with zero attached hydrogens (tertiary/aromatic N) is 4. The van der Waals surface area contributed by atoms with Crippen molar-refractivity contribution in [2.24, 2.45) is 0 Å². The highest BCUT2D eigenvalue weighted by Crippen LogP contribution is 2.40. The molecule has 0 spiro atoms. The Bertz CT molecular complexity index is 1060. The summed E-state index contributed by atoms with van der Waals surface area (Å²) in [5.41, 5.74) is 9.81. The molecular formula is C21H25IN6O. The summed E-state index contributed by atoms with van der Waals surface area (Å²) in [6, 6.07) is 4.99. The Labute approximate surface area is 183 Å². The molecule has 2 fully saturated rings. The number of pyridine rings is 1. The molecule has 0 aliphatic carbocycles. The quantitative estimate of drug-likeness (QED) is 0.474. The Morgan fingerprint density at radius 2 is 1.93 bits per heavy atom. The number of piperidine rings is 1. The molecule has 152 valence electrons. The lowest BCUT2D eigenvalue weighted by atomic mass is 9.89. The summed E-state index contributed by atoms with van der Waals surface area (Å²) in [6.07, 6.45) is 8.30. The van der Waals surface area contributed by atoms with Crippen molar-refractivity contribution in [3.63, 3.8) is 0 Å². The average Bonchev–Trinajstić information content (AvgIpc) is 3.26. The standard InChI is InChI=1S/C21H25IN6O/c1-21(2,29)16-6-3-11(9-24-16)15-10-25-28-19(23)17(22)18(27-20(15)28)12-7-13-4-5-14(8-12)26-13/h3,6,9-10,12-14,26,29H,4-5,7-8,23H2,1-2H3/t12-,13-,14+. The van der Waals surface area contributed by atoms with E-state index in [0.717, 1.165) is 38.9 Å². The van der Waals surface area contributed by atoms with E-state index < -0.39 is 5.60 Å². The summed E-state index contributed by atoms with van der Waals surface area (Å²) in [4.78, 5) is 9.51. The third-order valence-corrected chi connectivity index (χ3v) is 7.31. The maximum atomic E-state index is 10.2. The van der Waals surface area contributed by atoms with Crippen LogP contribution in [0.25, 0.3) is 16.8 Å². The number of nitrogen functional groups attached to an aromatic ring is 1. The van der Waals surface area contributed by atoms with E-state index >= 15 is 0 Å². The summed E-state index contributed by atoms with van der Waals surface area (Å²) in [5.74, 6) is 1.06. The number of aromatic nitrogens is 4. The monoisotopic (exact) mass is 504 g/mol. The van der Waals surface area contributed by atoms with Gasteiger partial charge >= 0.3 is 0 Å². The van der Waals surface area contributed by atoms with E-state index in [1.165, 1.54) is 12.8 Å². The lowest BCUT2D eigenvalue weighted by Crippen LogP contribution is -2.37. The molecule has 0 amide bonds. The molecule has 7 nitrogen and oxygen atoms in total. The first-order chi connectivity index (χ1) is 13.8. The summed E-state index contributed by atoms with van der Waals surface area (Å²) < 4.78 is 2.73. The Morgan fingerprint density at radius 3 is 2.55 bits per heavy atom. The highest BCUT2D eigenvalue weighted by Gasteiger charge is 2.36. The number of rotatable bonds is 3. The van der Waals surface area contributed by atoms with Crippen LogP contribution in [0.2, 0.25) is 0 Å². The van der Waals surface area contributed by atoms with Gasteiger partial charge in [0.2, 0.25) is 0 Å². The van der Waals surface area contributed by atoms with Gasteiger partial charge in [-0.05, 0) is 68.2 Å². The van der Waals surface area contributed by atoms with Crippen molar-refractivity contribution in [3.8, 4) is 11.1 Å². The van der Waals surface area contributed by atoms with Gasteiger partial charge in [0.15, 0.2) is 5.65 Å². The van der Waals surface area contributed by atoms with Crippen LogP contribution in [0, 0.1) is 3.57 Å². The summed E-state index contributed by atoms with van der Waals surface area (Å²) in [7, 11) is 0. The fourth-order valence-electron chi connectivity index (χ4n) is 4.68. The molecule has 3 atom stereocenters. The average molecular weight is 504 g/mol. The lowest BCUT2D eigenvalue weighted by molar-refractivity contribution is 0.0739. The van der Waals surface area contributed by atoms with Gasteiger partial charge in [-0.3, -0.25) is 4.98 Å². The van der Waals surface area contributed by atoms with Gasteiger partial charge < -0.3 is 16.2 Å². The molecule has 4 N–H and O–H groups in total. The van der Waals surface area contributed by atoms with Crippen molar-refractivity contribution < 1.29 is 5.11 Å². The van der Waals surface area contributed by atoms with Crippen molar-refractivity contribution in [1.29, 1.82) is 0 Å². The summed E-state index contributed by atoms with van der Waals surface area (Å²) in [5, 5.41) is 18.4. The van der Waals surface area contributed by atoms with Crippen LogP contribution in [0.5, 0.6) is 0 Å². The van der Waals surface area contributed by atoms with Gasteiger partial charge in [0.05, 0.1) is 21.2 Å². The van der Waals surface area contributed by atoms with Crippen LogP contribution in [-0.2, 0) is 5.60 Å². The highest BCUT2D eigenvalue weighted by atomic mass is 127. The minimum absolute atomic E-state index is 0.423. The number of hydrogen-bond donors (Lipinski definition) is 3. The van der Waals surface area contributed by atoms with Crippen molar-refractivity contribution in [2.75, 3.05) is 5.73 Å². The van der Waals surface area contributed by atoms with Crippen LogP contribution in [0.15, 0.2) is 24.5 Å². The molecule has 8 heteroatoms. The second-order valence-electron chi connectivity index (χ2n) is 8.79. The summed E-state index contributed by atoms with van der Waals surface area (Å²) >= 11 is 2.32. The number of fused-ring (bicyclic) bond motifs is 3. The molecule has 2 bridgehead atoms. The molecule has 0 radical (unpaired) electrons. The highest BCUT2D eigenvalue weighted by molar-refractivity contribution is 14.1. The first-order valence-corrected chi connectivity index (χ1v) is 11.2. The number of anilines is 1. The zero-order valence-electron chi connectivity index (χ0n) is 16.6. The molecule has 3 aromatic heterocycles. The first kappa shape index (κ1) is 19.2. The van der Waals surface area contributed by atoms with Crippen molar-refractivity contribution >= 4 is 34.1 Å². The number of aliphatic hydroxyl groups is 1. The minimum atomic E-state index is -0.972. The molecule has 29 heavy (non-hydrogen) atoms. The van der Waals surface area contributed by atoms with E-state index in [2.05, 4.69) is 38.0 Å². The van der Waals surface area contributed by atoms with E-state index in [1.54, 1.807) is 30.8 Å². The molecule has 5 rings (SSSR count). The fraction of sp³-hybridized carbons (Fsp3) is 0.476. The van der Waals surface area contributed by atoms with Gasteiger partial charge in [-0.1, -0.05) is 6.07 Å². The van der Waals surface area contributed by atoms with Gasteiger partial charge in [0.25, 0.3) is 0 Å². The van der Waals surface area contributed by atoms with Gasteiger partial charge in [-0.2, -0.15) is 9.61 Å². The van der Waals surface area contributed by atoms with Crippen LogP contribution in [-0.4, -0.2) is 36.8 Å². The molecule has 2 aliphatic rings. The SMILES string of the molecule is CC(C)(O)c1ccc(-c2cnn3c(N)c(I)c([C@@H]4C[C@H]5CC[C@@H](C4)N5)nc23)cn1. The van der Waals surface area contributed by atoms with E-state index in [4.69, 9.17) is 10.7 Å². The Balaban J connectivity index is 1.58. The van der Waals surface area contributed by atoms with Gasteiger partial charge in [-0.25, -0.2) is 4.98 Å². The predicted octanol–water partition coefficient (Wildman–Crippen LogP) is 3.20. The van der Waals surface area contributed by atoms with Gasteiger partial charge in [-0.15, -0.1) is 0 Å². The predicted molar refractivity (Wildman–Crippen MR) is 121 cm³/mol. The van der Waals surface area contributed by atoms with Crippen LogP contribution >= 0.6 is 22.6 Å². The maximum Gasteiger partial charge on any atom is 0.165 e. The van der Waals surface area contributed by atoms with Crippen molar-refractivity contribution in [3.05, 3.63) is 39.5 Å². The van der Waals surface area contributed by atoms with Crippen LogP contribution in [0.3, 0.4) is 0 Å². The molecule has 2 aliphatic heterocycles. The molecule has 2 saturated heterocycles. The zero-order chi connectivity index (χ0) is 20.3. The molecule has 3 aromatic rings. The first-order valence-electron chi connectivity index (χ1n) is 10.1. The van der Waals surface area contributed by atoms with Crippen molar-refractivity contribution in [2.45, 2.75) is 63.1 Å². The zero-order valence-corrected chi connectivity index (χ0v) is 18.7. The molecule has 0 aromatic carbocycles. The number of hydrogen-bond acceptors (Lipinski definition) is 6. The largest absolute Gasteiger partial charge is 0.384 e. The van der Waals surface area contributed by atoms with E-state index in [0.29, 0.717) is 29.5 Å². The normalized spacial score (nSPS) is 24.3. The number of halogens is 1. The molecule has 5 heterocycles. The van der Waals surface area contributed by atoms with Gasteiger partial charge in [0.1, 0.15) is 11.4 Å². The third-order valence-electron chi connectivity index (χ3n) is 6.21. The maximum absolute atomic E-state index is 10.2. The second kappa shape index (κ2) is 6.88. The summed E-state index contributed by atoms with van der Waals surface area (Å²) in [6.45, 7) is 3.46. The Hall–Kier alpha value is -1.78. The smallest absolute Gasteiger partial charge is 0.165 e. The Morgan fingerprint density at radius 1 is 1.21 bits per heavy atom. The number of nitrogens with two attached hydrogens (primary N) is 1. The molecule has 0 unspecified atom stereocenters. The van der Waals surface area contributed by atoms with Crippen LogP contribution < -0.4 is 11.1 Å². The third kappa shape index (κ3) is 3.30. The fourth-order valence-corrected chi connectivity index (χ4v) is 5.47. The van der Waals surface area contributed by atoms with Crippen LogP contribution in [0.4, 0.5) is 5.82 Å². The van der Waals surface area contributed by atoms with Gasteiger partial charge in [0, 0.05) is 35.3 Å². The van der Waals surface area contributed by atoms with E-state index in [9.17, 15) is 5.11 Å². The Kier molecular flexibility index (Phi) is 4.56. The molecular weight excluding hydrogens is 479 g/mol. The van der Waals surface area contributed by atoms with E-state index in [1.807, 2.05) is 12.1 Å².